The van der Waals surface area contributed by atoms with Crippen LogP contribution in [0.4, 0.5) is 0 Å². The highest BCUT2D eigenvalue weighted by Gasteiger charge is 2.26. The molecule has 0 aromatic carbocycles. The Kier molecular flexibility index (Phi) is 2.54. The van der Waals surface area contributed by atoms with E-state index in [-0.39, 0.29) is 12.1 Å². The van der Waals surface area contributed by atoms with Gasteiger partial charge in [0, 0.05) is 6.54 Å². The zero-order valence-corrected chi connectivity index (χ0v) is 8.10. The van der Waals surface area contributed by atoms with Crippen LogP contribution in [-0.2, 0) is 4.74 Å². The van der Waals surface area contributed by atoms with Gasteiger partial charge in [0.05, 0.1) is 12.9 Å². The third kappa shape index (κ3) is 1.65. The van der Waals surface area contributed by atoms with E-state index in [2.05, 4.69) is 0 Å². The minimum atomic E-state index is -0.152. The normalized spacial score (nSPS) is 22.4. The molecule has 2 rings (SSSR count). The van der Waals surface area contributed by atoms with Crippen LogP contribution in [0.25, 0.3) is 0 Å². The first-order valence-corrected chi connectivity index (χ1v) is 4.75. The summed E-state index contributed by atoms with van der Waals surface area (Å²) in [7, 11) is 0. The van der Waals surface area contributed by atoms with Gasteiger partial charge in [-0.3, -0.25) is 4.79 Å². The van der Waals surface area contributed by atoms with Crippen molar-refractivity contribution < 1.29 is 13.9 Å². The van der Waals surface area contributed by atoms with Crippen LogP contribution in [0.5, 0.6) is 0 Å². The van der Waals surface area contributed by atoms with Crippen molar-refractivity contribution in [2.45, 2.75) is 19.6 Å². The molecule has 0 bridgehead atoms. The lowest BCUT2D eigenvalue weighted by atomic mass is 10.3. The smallest absolute Gasteiger partial charge is 0.291 e. The van der Waals surface area contributed by atoms with E-state index in [0.717, 1.165) is 19.6 Å². The number of hydrogen-bond donors (Lipinski definition) is 0. The Morgan fingerprint density at radius 2 is 2.50 bits per heavy atom. The topological polar surface area (TPSA) is 42.7 Å². The molecule has 1 atom stereocenters. The van der Waals surface area contributed by atoms with E-state index >= 15 is 0 Å². The molecule has 1 unspecified atom stereocenters. The number of furan rings is 1. The average Bonchev–Trinajstić information content (AvgIpc) is 2.70. The Bertz CT molecular complexity index is 307. The van der Waals surface area contributed by atoms with Crippen LogP contribution in [0.15, 0.2) is 22.8 Å². The molecule has 1 aliphatic heterocycles. The lowest BCUT2D eigenvalue weighted by Crippen LogP contribution is -2.44. The van der Waals surface area contributed by atoms with Crippen LogP contribution in [0.1, 0.15) is 23.9 Å². The fourth-order valence-corrected chi connectivity index (χ4v) is 1.57. The summed E-state index contributed by atoms with van der Waals surface area (Å²) < 4.78 is 10.4. The number of amides is 1. The van der Waals surface area contributed by atoms with Crippen LogP contribution in [0, 0.1) is 0 Å². The monoisotopic (exact) mass is 195 g/mol. The first kappa shape index (κ1) is 9.27. The zero-order chi connectivity index (χ0) is 9.97. The van der Waals surface area contributed by atoms with Crippen molar-refractivity contribution in [3.05, 3.63) is 24.2 Å². The zero-order valence-electron chi connectivity index (χ0n) is 8.10. The Hall–Kier alpha value is -1.29. The summed E-state index contributed by atoms with van der Waals surface area (Å²) in [6.45, 7) is 3.34. The molecular formula is C10H13NO3. The maximum absolute atomic E-state index is 11.8. The quantitative estimate of drug-likeness (QED) is 0.681. The summed E-state index contributed by atoms with van der Waals surface area (Å²) in [5.74, 6) is 0.282. The molecule has 2 heterocycles. The summed E-state index contributed by atoms with van der Waals surface area (Å²) in [5, 5.41) is 0. The van der Waals surface area contributed by atoms with Crippen molar-refractivity contribution in [3.63, 3.8) is 0 Å². The highest BCUT2D eigenvalue weighted by atomic mass is 16.5. The second kappa shape index (κ2) is 3.84. The highest BCUT2D eigenvalue weighted by molar-refractivity contribution is 5.91. The lowest BCUT2D eigenvalue weighted by Gasteiger charge is -2.32. The molecule has 4 heteroatoms. The Morgan fingerprint density at radius 3 is 3.14 bits per heavy atom. The van der Waals surface area contributed by atoms with Crippen molar-refractivity contribution in [2.75, 3.05) is 13.2 Å². The Labute approximate surface area is 82.4 Å². The number of nitrogens with zero attached hydrogens (tertiary/aromatic N) is 1. The lowest BCUT2D eigenvalue weighted by molar-refractivity contribution is -0.0671. The van der Waals surface area contributed by atoms with Crippen molar-refractivity contribution >= 4 is 5.91 Å². The van der Waals surface area contributed by atoms with Crippen LogP contribution in [0.3, 0.4) is 0 Å². The molecule has 1 aliphatic rings. The average molecular weight is 195 g/mol. The fraction of sp³-hybridized carbons (Fsp3) is 0.500. The maximum Gasteiger partial charge on any atom is 0.291 e. The van der Waals surface area contributed by atoms with Gasteiger partial charge in [-0.1, -0.05) is 0 Å². The molecule has 1 saturated heterocycles. The second-order valence-electron chi connectivity index (χ2n) is 3.30. The summed E-state index contributed by atoms with van der Waals surface area (Å²) in [6.07, 6.45) is 2.24. The van der Waals surface area contributed by atoms with E-state index in [0.29, 0.717) is 5.76 Å². The molecule has 1 fully saturated rings. The van der Waals surface area contributed by atoms with Crippen LogP contribution in [0.2, 0.25) is 0 Å². The van der Waals surface area contributed by atoms with Crippen LogP contribution in [-0.4, -0.2) is 30.2 Å². The van der Waals surface area contributed by atoms with E-state index in [4.69, 9.17) is 9.15 Å². The van der Waals surface area contributed by atoms with Gasteiger partial charge in [0.1, 0.15) is 6.23 Å². The Morgan fingerprint density at radius 1 is 1.64 bits per heavy atom. The van der Waals surface area contributed by atoms with E-state index in [9.17, 15) is 4.79 Å². The van der Waals surface area contributed by atoms with Crippen molar-refractivity contribution in [3.8, 4) is 0 Å². The molecule has 0 spiro atoms. The molecule has 14 heavy (non-hydrogen) atoms. The third-order valence-electron chi connectivity index (χ3n) is 2.33. The number of carbonyl (C=O) groups is 1. The molecule has 1 aromatic rings. The number of hydrogen-bond acceptors (Lipinski definition) is 3. The van der Waals surface area contributed by atoms with E-state index in [1.54, 1.807) is 17.0 Å². The molecule has 1 amide bonds. The summed E-state index contributed by atoms with van der Waals surface area (Å²) in [6, 6.07) is 3.38. The van der Waals surface area contributed by atoms with Gasteiger partial charge in [-0.2, -0.15) is 0 Å². The van der Waals surface area contributed by atoms with Gasteiger partial charge >= 0.3 is 0 Å². The van der Waals surface area contributed by atoms with E-state index < -0.39 is 0 Å². The van der Waals surface area contributed by atoms with Crippen LogP contribution >= 0.6 is 0 Å². The molecule has 0 aliphatic carbocycles. The van der Waals surface area contributed by atoms with Gasteiger partial charge in [-0.05, 0) is 25.5 Å². The molecule has 0 saturated carbocycles. The molecule has 76 valence electrons. The standard InChI is InChI=1S/C10H13NO3/c1-8-11(5-3-7-13-8)10(12)9-4-2-6-14-9/h2,4,6,8H,3,5,7H2,1H3. The molecular weight excluding hydrogens is 182 g/mol. The number of carbonyl (C=O) groups excluding carboxylic acids is 1. The fourth-order valence-electron chi connectivity index (χ4n) is 1.57. The predicted molar refractivity (Wildman–Crippen MR) is 49.8 cm³/mol. The van der Waals surface area contributed by atoms with Gasteiger partial charge < -0.3 is 14.1 Å². The molecule has 1 aromatic heterocycles. The van der Waals surface area contributed by atoms with Gasteiger partial charge in [0.25, 0.3) is 5.91 Å². The molecule has 0 N–H and O–H groups in total. The largest absolute Gasteiger partial charge is 0.459 e. The molecule has 0 radical (unpaired) electrons. The number of rotatable bonds is 1. The third-order valence-corrected chi connectivity index (χ3v) is 2.33. The van der Waals surface area contributed by atoms with E-state index in [1.807, 2.05) is 6.92 Å². The SMILES string of the molecule is CC1OCCCN1C(=O)c1ccco1. The predicted octanol–water partition coefficient (Wildman–Crippen LogP) is 1.49. The van der Waals surface area contributed by atoms with Gasteiger partial charge in [0.2, 0.25) is 0 Å². The highest BCUT2D eigenvalue weighted by Crippen LogP contribution is 2.14. The minimum absolute atomic E-state index is 0.0952. The van der Waals surface area contributed by atoms with Gasteiger partial charge in [0.15, 0.2) is 5.76 Å². The first-order chi connectivity index (χ1) is 6.79. The van der Waals surface area contributed by atoms with E-state index in [1.165, 1.54) is 6.26 Å². The summed E-state index contributed by atoms with van der Waals surface area (Å²) >= 11 is 0. The second-order valence-corrected chi connectivity index (χ2v) is 3.30. The number of ether oxygens (including phenoxy) is 1. The van der Waals surface area contributed by atoms with Crippen molar-refractivity contribution in [1.29, 1.82) is 0 Å². The van der Waals surface area contributed by atoms with Gasteiger partial charge in [-0.15, -0.1) is 0 Å². The summed E-state index contributed by atoms with van der Waals surface area (Å²) in [5.41, 5.74) is 0. The van der Waals surface area contributed by atoms with Crippen molar-refractivity contribution in [1.82, 2.24) is 4.90 Å². The minimum Gasteiger partial charge on any atom is -0.459 e. The molecule has 4 nitrogen and oxygen atoms in total. The first-order valence-electron chi connectivity index (χ1n) is 4.75. The maximum atomic E-state index is 11.8. The summed E-state index contributed by atoms with van der Waals surface area (Å²) in [4.78, 5) is 13.5. The van der Waals surface area contributed by atoms with Gasteiger partial charge in [-0.25, -0.2) is 0 Å². The Balaban J connectivity index is 2.10. The van der Waals surface area contributed by atoms with Crippen molar-refractivity contribution in [2.24, 2.45) is 0 Å². The van der Waals surface area contributed by atoms with Crippen LogP contribution < -0.4 is 0 Å².